The predicted octanol–water partition coefficient (Wildman–Crippen LogP) is 0.692. The number of carbonyl (C=O) groups excluding carboxylic acids is 1. The van der Waals surface area contributed by atoms with Gasteiger partial charge in [0.05, 0.1) is 13.5 Å². The number of aromatic amines is 1. The molecule has 0 bridgehead atoms. The van der Waals surface area contributed by atoms with E-state index in [-0.39, 0.29) is 17.6 Å². The Morgan fingerprint density at radius 2 is 2.44 bits per heavy atom. The van der Waals surface area contributed by atoms with Crippen molar-refractivity contribution in [3.8, 4) is 0 Å². The maximum atomic E-state index is 11.7. The molecule has 1 atom stereocenters. The second kappa shape index (κ2) is 5.66. The molecule has 0 amide bonds. The third-order valence-corrected chi connectivity index (χ3v) is 3.22. The first-order valence-electron chi connectivity index (χ1n) is 6.09. The maximum absolute atomic E-state index is 11.7. The molecule has 2 rings (SSSR count). The minimum Gasteiger partial charge on any atom is -0.469 e. The largest absolute Gasteiger partial charge is 0.469 e. The van der Waals surface area contributed by atoms with E-state index in [2.05, 4.69) is 9.97 Å². The highest BCUT2D eigenvalue weighted by Crippen LogP contribution is 2.22. The van der Waals surface area contributed by atoms with Gasteiger partial charge in [0.25, 0.3) is 5.56 Å². The van der Waals surface area contributed by atoms with E-state index in [0.717, 1.165) is 25.8 Å². The van der Waals surface area contributed by atoms with Crippen LogP contribution in [0.5, 0.6) is 0 Å². The van der Waals surface area contributed by atoms with Crippen LogP contribution in [0.1, 0.15) is 25.7 Å². The number of esters is 1. The molecule has 1 aliphatic rings. The van der Waals surface area contributed by atoms with Gasteiger partial charge in [-0.05, 0) is 19.3 Å². The number of ether oxygens (including phenoxy) is 1. The van der Waals surface area contributed by atoms with Gasteiger partial charge in [-0.3, -0.25) is 9.59 Å². The van der Waals surface area contributed by atoms with E-state index in [0.29, 0.717) is 12.2 Å². The summed E-state index contributed by atoms with van der Waals surface area (Å²) in [5.74, 6) is 0.144. The maximum Gasteiger partial charge on any atom is 0.307 e. The van der Waals surface area contributed by atoms with E-state index in [4.69, 9.17) is 4.74 Å². The van der Waals surface area contributed by atoms with Crippen LogP contribution in [0, 0.1) is 0 Å². The summed E-state index contributed by atoms with van der Waals surface area (Å²) in [6.45, 7) is 0.752. The van der Waals surface area contributed by atoms with Gasteiger partial charge < -0.3 is 14.6 Å². The van der Waals surface area contributed by atoms with Crippen LogP contribution in [0.25, 0.3) is 0 Å². The molecule has 0 radical (unpaired) electrons. The summed E-state index contributed by atoms with van der Waals surface area (Å²) in [5.41, 5.74) is -0.214. The third kappa shape index (κ3) is 2.69. The minimum absolute atomic E-state index is 0.00204. The molecule has 6 nitrogen and oxygen atoms in total. The van der Waals surface area contributed by atoms with Crippen molar-refractivity contribution in [2.75, 3.05) is 18.6 Å². The van der Waals surface area contributed by atoms with Crippen LogP contribution in [0.4, 0.5) is 5.82 Å². The molecule has 1 unspecified atom stereocenters. The summed E-state index contributed by atoms with van der Waals surface area (Å²) < 4.78 is 4.70. The smallest absolute Gasteiger partial charge is 0.307 e. The molecule has 1 saturated heterocycles. The van der Waals surface area contributed by atoms with Gasteiger partial charge >= 0.3 is 5.97 Å². The van der Waals surface area contributed by atoms with Crippen molar-refractivity contribution in [3.63, 3.8) is 0 Å². The summed E-state index contributed by atoms with van der Waals surface area (Å²) >= 11 is 0. The van der Waals surface area contributed by atoms with E-state index in [1.807, 2.05) is 4.90 Å². The van der Waals surface area contributed by atoms with Crippen LogP contribution >= 0.6 is 0 Å². The Hall–Kier alpha value is -1.85. The number of piperidine rings is 1. The molecule has 0 aromatic carbocycles. The number of nitrogens with zero attached hydrogens (tertiary/aromatic N) is 2. The normalized spacial score (nSPS) is 19.6. The van der Waals surface area contributed by atoms with Crippen LogP contribution in [0.15, 0.2) is 17.2 Å². The van der Waals surface area contributed by atoms with Crippen molar-refractivity contribution in [3.05, 3.63) is 22.7 Å². The molecule has 1 N–H and O–H groups in total. The van der Waals surface area contributed by atoms with Gasteiger partial charge in [0.15, 0.2) is 5.82 Å². The number of anilines is 1. The fourth-order valence-electron chi connectivity index (χ4n) is 2.32. The zero-order valence-electron chi connectivity index (χ0n) is 10.4. The van der Waals surface area contributed by atoms with Gasteiger partial charge in [0, 0.05) is 25.0 Å². The summed E-state index contributed by atoms with van der Waals surface area (Å²) in [4.78, 5) is 31.8. The van der Waals surface area contributed by atoms with Crippen molar-refractivity contribution < 1.29 is 9.53 Å². The molecule has 0 spiro atoms. The Kier molecular flexibility index (Phi) is 3.96. The second-order valence-electron chi connectivity index (χ2n) is 4.37. The van der Waals surface area contributed by atoms with Gasteiger partial charge in [-0.2, -0.15) is 0 Å². The zero-order chi connectivity index (χ0) is 13.0. The first kappa shape index (κ1) is 12.6. The molecule has 0 aliphatic carbocycles. The van der Waals surface area contributed by atoms with Crippen molar-refractivity contribution in [1.82, 2.24) is 9.97 Å². The Morgan fingerprint density at radius 3 is 3.17 bits per heavy atom. The van der Waals surface area contributed by atoms with Gasteiger partial charge in [-0.15, -0.1) is 0 Å². The lowest BCUT2D eigenvalue weighted by molar-refractivity contribution is -0.141. The van der Waals surface area contributed by atoms with Crippen molar-refractivity contribution in [2.24, 2.45) is 0 Å². The SMILES string of the molecule is COC(=O)CC1CCCCN1c1ncc[nH]c1=O. The number of hydrogen-bond donors (Lipinski definition) is 1. The molecule has 1 aromatic heterocycles. The Bertz CT molecular complexity index is 472. The van der Waals surface area contributed by atoms with Crippen LogP contribution < -0.4 is 10.5 Å². The lowest BCUT2D eigenvalue weighted by atomic mass is 9.99. The van der Waals surface area contributed by atoms with Gasteiger partial charge in [-0.1, -0.05) is 0 Å². The number of H-pyrrole nitrogens is 1. The number of methoxy groups -OCH3 is 1. The van der Waals surface area contributed by atoms with Crippen LogP contribution in [0.2, 0.25) is 0 Å². The highest BCUT2D eigenvalue weighted by Gasteiger charge is 2.27. The highest BCUT2D eigenvalue weighted by atomic mass is 16.5. The predicted molar refractivity (Wildman–Crippen MR) is 66.5 cm³/mol. The molecule has 0 saturated carbocycles. The fraction of sp³-hybridized carbons (Fsp3) is 0.583. The second-order valence-corrected chi connectivity index (χ2v) is 4.37. The van der Waals surface area contributed by atoms with E-state index >= 15 is 0 Å². The number of carbonyl (C=O) groups is 1. The van der Waals surface area contributed by atoms with Crippen LogP contribution in [-0.2, 0) is 9.53 Å². The summed E-state index contributed by atoms with van der Waals surface area (Å²) in [7, 11) is 1.38. The van der Waals surface area contributed by atoms with E-state index < -0.39 is 0 Å². The number of rotatable bonds is 3. The zero-order valence-corrected chi connectivity index (χ0v) is 10.4. The first-order chi connectivity index (χ1) is 8.72. The standard InChI is InChI=1S/C12H17N3O3/c1-18-10(16)8-9-4-2-3-7-15(9)11-12(17)14-6-5-13-11/h5-6,9H,2-4,7-8H2,1H3,(H,14,17). The van der Waals surface area contributed by atoms with Gasteiger partial charge in [0.2, 0.25) is 0 Å². The third-order valence-electron chi connectivity index (χ3n) is 3.22. The van der Waals surface area contributed by atoms with Crippen molar-refractivity contribution in [1.29, 1.82) is 0 Å². The van der Waals surface area contributed by atoms with E-state index in [1.54, 1.807) is 6.20 Å². The quantitative estimate of drug-likeness (QED) is 0.800. The molecule has 1 aromatic rings. The fourth-order valence-corrected chi connectivity index (χ4v) is 2.32. The Labute approximate surface area is 105 Å². The first-order valence-corrected chi connectivity index (χ1v) is 6.09. The number of hydrogen-bond acceptors (Lipinski definition) is 5. The molecule has 98 valence electrons. The van der Waals surface area contributed by atoms with Gasteiger partial charge in [0.1, 0.15) is 0 Å². The molecule has 1 fully saturated rings. The number of aromatic nitrogens is 2. The Balaban J connectivity index is 2.20. The average molecular weight is 251 g/mol. The van der Waals surface area contributed by atoms with E-state index in [1.165, 1.54) is 13.3 Å². The summed E-state index contributed by atoms with van der Waals surface area (Å²) in [6.07, 6.45) is 6.31. The Morgan fingerprint density at radius 1 is 1.61 bits per heavy atom. The topological polar surface area (TPSA) is 75.3 Å². The van der Waals surface area contributed by atoms with Crippen LogP contribution in [-0.4, -0.2) is 35.6 Å². The molecule has 1 aliphatic heterocycles. The summed E-state index contributed by atoms with van der Waals surface area (Å²) in [6, 6.07) is 0.00204. The summed E-state index contributed by atoms with van der Waals surface area (Å²) in [5, 5.41) is 0. The van der Waals surface area contributed by atoms with Crippen molar-refractivity contribution in [2.45, 2.75) is 31.7 Å². The van der Waals surface area contributed by atoms with Crippen LogP contribution in [0.3, 0.4) is 0 Å². The minimum atomic E-state index is -0.251. The molecule has 2 heterocycles. The highest BCUT2D eigenvalue weighted by molar-refractivity contribution is 5.70. The molecular weight excluding hydrogens is 234 g/mol. The molecular formula is C12H17N3O3. The van der Waals surface area contributed by atoms with E-state index in [9.17, 15) is 9.59 Å². The van der Waals surface area contributed by atoms with Crippen molar-refractivity contribution >= 4 is 11.8 Å². The number of nitrogens with one attached hydrogen (secondary N) is 1. The average Bonchev–Trinajstić information content (AvgIpc) is 2.40. The molecule has 6 heteroatoms. The lowest BCUT2D eigenvalue weighted by Gasteiger charge is -2.35. The molecule has 18 heavy (non-hydrogen) atoms. The monoisotopic (exact) mass is 251 g/mol. The van der Waals surface area contributed by atoms with Gasteiger partial charge in [-0.25, -0.2) is 4.98 Å². The lowest BCUT2D eigenvalue weighted by Crippen LogP contribution is -2.44.